The van der Waals surface area contributed by atoms with E-state index < -0.39 is 15.6 Å². The Kier molecular flexibility index (Phi) is 3.86. The van der Waals surface area contributed by atoms with Gasteiger partial charge in [-0.25, -0.2) is 8.42 Å². The summed E-state index contributed by atoms with van der Waals surface area (Å²) >= 11 is 1.16. The average molecular weight is 376 g/mol. The molecule has 2 heterocycles. The van der Waals surface area contributed by atoms with Crippen molar-refractivity contribution in [2.45, 2.75) is 29.0 Å². The number of thiophene rings is 1. The van der Waals surface area contributed by atoms with E-state index in [4.69, 9.17) is 10.3 Å². The molecule has 7 nitrogen and oxygen atoms in total. The lowest BCUT2D eigenvalue weighted by Gasteiger charge is -2.34. The molecule has 0 unspecified atom stereocenters. The molecule has 4 rings (SSSR count). The van der Waals surface area contributed by atoms with E-state index in [0.29, 0.717) is 23.0 Å². The van der Waals surface area contributed by atoms with E-state index >= 15 is 0 Å². The maximum absolute atomic E-state index is 12.3. The first kappa shape index (κ1) is 16.2. The molecule has 1 fully saturated rings. The average Bonchev–Trinajstić information content (AvgIpc) is 3.24. The van der Waals surface area contributed by atoms with Gasteiger partial charge >= 0.3 is 0 Å². The van der Waals surface area contributed by atoms with Crippen LogP contribution in [0.2, 0.25) is 0 Å². The molecule has 9 heteroatoms. The van der Waals surface area contributed by atoms with E-state index in [1.54, 1.807) is 41.8 Å². The number of hydrogen-bond donors (Lipinski definition) is 2. The molecule has 0 radical (unpaired) electrons. The molecule has 0 saturated heterocycles. The van der Waals surface area contributed by atoms with Crippen molar-refractivity contribution in [3.63, 3.8) is 0 Å². The van der Waals surface area contributed by atoms with Gasteiger partial charge in [-0.1, -0.05) is 17.3 Å². The van der Waals surface area contributed by atoms with E-state index in [-0.39, 0.29) is 4.21 Å². The molecule has 0 aliphatic heterocycles. The van der Waals surface area contributed by atoms with Gasteiger partial charge in [0.05, 0.1) is 5.54 Å². The Bertz CT molecular complexity index is 992. The second kappa shape index (κ2) is 5.94. The first-order valence-corrected chi connectivity index (χ1v) is 10.1. The number of anilines is 1. The number of rotatable bonds is 5. The lowest BCUT2D eigenvalue weighted by molar-refractivity contribution is 0.229. The molecule has 1 aliphatic carbocycles. The molecule has 1 aliphatic rings. The van der Waals surface area contributed by atoms with Gasteiger partial charge in [-0.2, -0.15) is 4.98 Å². The van der Waals surface area contributed by atoms with Gasteiger partial charge in [0.25, 0.3) is 15.9 Å². The van der Waals surface area contributed by atoms with Crippen molar-refractivity contribution in [1.29, 1.82) is 0 Å². The fraction of sp³-hybridized carbons (Fsp3) is 0.250. The number of nitrogens with zero attached hydrogens (tertiary/aromatic N) is 2. The van der Waals surface area contributed by atoms with Gasteiger partial charge in [-0.15, -0.1) is 11.3 Å². The largest absolute Gasteiger partial charge is 0.334 e. The molecule has 3 aromatic rings. The van der Waals surface area contributed by atoms with Crippen LogP contribution in [0.1, 0.15) is 25.1 Å². The van der Waals surface area contributed by atoms with Crippen LogP contribution in [0.4, 0.5) is 5.69 Å². The third-order valence-electron chi connectivity index (χ3n) is 4.24. The van der Waals surface area contributed by atoms with Gasteiger partial charge in [0.2, 0.25) is 0 Å². The Morgan fingerprint density at radius 1 is 1.24 bits per heavy atom. The first-order valence-electron chi connectivity index (χ1n) is 7.76. The monoisotopic (exact) mass is 376 g/mol. The Labute approximate surface area is 148 Å². The third-order valence-corrected chi connectivity index (χ3v) is 7.02. The zero-order chi connectivity index (χ0) is 17.5. The van der Waals surface area contributed by atoms with Gasteiger partial charge in [0.1, 0.15) is 4.21 Å². The first-order chi connectivity index (χ1) is 12.0. The van der Waals surface area contributed by atoms with Crippen LogP contribution in [0, 0.1) is 0 Å². The Morgan fingerprint density at radius 2 is 2.08 bits per heavy atom. The summed E-state index contributed by atoms with van der Waals surface area (Å²) in [6, 6.07) is 10.1. The molecular formula is C16H16N4O3S2. The molecule has 2 aromatic heterocycles. The minimum Gasteiger partial charge on any atom is -0.334 e. The topological polar surface area (TPSA) is 111 Å². The second-order valence-electron chi connectivity index (χ2n) is 6.05. The number of aromatic nitrogens is 2. The zero-order valence-corrected chi connectivity index (χ0v) is 14.8. The predicted molar refractivity (Wildman–Crippen MR) is 94.6 cm³/mol. The van der Waals surface area contributed by atoms with E-state index in [2.05, 4.69) is 14.9 Å². The van der Waals surface area contributed by atoms with Crippen LogP contribution in [0.5, 0.6) is 0 Å². The lowest BCUT2D eigenvalue weighted by atomic mass is 9.77. The SMILES string of the molecule is NC1(c2noc(-c3cccc(NS(=O)(=O)c4cccs4)c3)n2)CCC1. The summed E-state index contributed by atoms with van der Waals surface area (Å²) in [6.45, 7) is 0. The number of nitrogens with one attached hydrogen (secondary N) is 1. The molecular weight excluding hydrogens is 360 g/mol. The van der Waals surface area contributed by atoms with Crippen LogP contribution in [-0.4, -0.2) is 18.6 Å². The Morgan fingerprint density at radius 3 is 2.76 bits per heavy atom. The van der Waals surface area contributed by atoms with Crippen molar-refractivity contribution in [2.75, 3.05) is 4.72 Å². The van der Waals surface area contributed by atoms with Crippen molar-refractivity contribution in [3.8, 4) is 11.5 Å². The molecule has 1 aromatic carbocycles. The maximum Gasteiger partial charge on any atom is 0.271 e. The van der Waals surface area contributed by atoms with Crippen molar-refractivity contribution < 1.29 is 12.9 Å². The van der Waals surface area contributed by atoms with E-state index in [0.717, 1.165) is 30.6 Å². The molecule has 130 valence electrons. The van der Waals surface area contributed by atoms with Crippen molar-refractivity contribution >= 4 is 27.0 Å². The van der Waals surface area contributed by atoms with Crippen LogP contribution in [-0.2, 0) is 15.6 Å². The minimum atomic E-state index is -3.60. The summed E-state index contributed by atoms with van der Waals surface area (Å²) in [7, 11) is -3.60. The maximum atomic E-state index is 12.3. The highest BCUT2D eigenvalue weighted by Gasteiger charge is 2.39. The Balaban J connectivity index is 1.60. The predicted octanol–water partition coefficient (Wildman–Crippen LogP) is 2.94. The number of nitrogens with two attached hydrogens (primary N) is 1. The number of hydrogen-bond acceptors (Lipinski definition) is 7. The van der Waals surface area contributed by atoms with E-state index in [9.17, 15) is 8.42 Å². The highest BCUT2D eigenvalue weighted by molar-refractivity contribution is 7.94. The van der Waals surface area contributed by atoms with Crippen LogP contribution in [0.3, 0.4) is 0 Å². The van der Waals surface area contributed by atoms with E-state index in [1.807, 2.05) is 0 Å². The summed E-state index contributed by atoms with van der Waals surface area (Å²) in [4.78, 5) is 4.38. The smallest absolute Gasteiger partial charge is 0.271 e. The third kappa shape index (κ3) is 3.06. The van der Waals surface area contributed by atoms with Gasteiger partial charge in [0.15, 0.2) is 5.82 Å². The normalized spacial score (nSPS) is 16.4. The van der Waals surface area contributed by atoms with Crippen LogP contribution < -0.4 is 10.5 Å². The van der Waals surface area contributed by atoms with Gasteiger partial charge in [0, 0.05) is 11.3 Å². The molecule has 0 amide bonds. The fourth-order valence-corrected chi connectivity index (χ4v) is 4.70. The Hall–Kier alpha value is -2.23. The minimum absolute atomic E-state index is 0.257. The van der Waals surface area contributed by atoms with E-state index in [1.165, 1.54) is 0 Å². The summed E-state index contributed by atoms with van der Waals surface area (Å²) in [5.74, 6) is 0.821. The van der Waals surface area contributed by atoms with Gasteiger partial charge < -0.3 is 10.3 Å². The molecule has 0 spiro atoms. The molecule has 0 bridgehead atoms. The zero-order valence-electron chi connectivity index (χ0n) is 13.2. The van der Waals surface area contributed by atoms with Crippen molar-refractivity contribution in [3.05, 3.63) is 47.6 Å². The molecule has 3 N–H and O–H groups in total. The fourth-order valence-electron chi connectivity index (χ4n) is 2.66. The standard InChI is InChI=1S/C16H16N4O3S2/c17-16(7-3-8-16)15-18-14(23-19-15)11-4-1-5-12(10-11)20-25(21,22)13-6-2-9-24-13/h1-2,4-6,9-10,20H,3,7-8,17H2. The van der Waals surface area contributed by atoms with Crippen molar-refractivity contribution in [2.24, 2.45) is 5.73 Å². The molecule has 1 saturated carbocycles. The molecule has 25 heavy (non-hydrogen) atoms. The van der Waals surface area contributed by atoms with Crippen LogP contribution in [0.15, 0.2) is 50.5 Å². The van der Waals surface area contributed by atoms with Crippen LogP contribution >= 0.6 is 11.3 Å². The highest BCUT2D eigenvalue weighted by atomic mass is 32.2. The van der Waals surface area contributed by atoms with Crippen molar-refractivity contribution in [1.82, 2.24) is 10.1 Å². The number of sulfonamides is 1. The lowest BCUT2D eigenvalue weighted by Crippen LogP contribution is -2.44. The second-order valence-corrected chi connectivity index (χ2v) is 8.91. The summed E-state index contributed by atoms with van der Waals surface area (Å²) in [6.07, 6.45) is 2.74. The van der Waals surface area contributed by atoms with Gasteiger partial charge in [-0.05, 0) is 48.9 Å². The van der Waals surface area contributed by atoms with Gasteiger partial charge in [-0.3, -0.25) is 4.72 Å². The molecule has 0 atom stereocenters. The highest BCUT2D eigenvalue weighted by Crippen LogP contribution is 2.37. The summed E-state index contributed by atoms with van der Waals surface area (Å²) in [5, 5.41) is 5.70. The summed E-state index contributed by atoms with van der Waals surface area (Å²) < 4.78 is 32.8. The summed E-state index contributed by atoms with van der Waals surface area (Å²) in [5.41, 5.74) is 6.77. The van der Waals surface area contributed by atoms with Crippen LogP contribution in [0.25, 0.3) is 11.5 Å². The number of benzene rings is 1. The quantitative estimate of drug-likeness (QED) is 0.708.